The average molecular weight is 349 g/mol. The molecule has 0 aliphatic heterocycles. The molecule has 6 nitrogen and oxygen atoms in total. The molecule has 3 N–H and O–H groups in total. The molecule has 0 unspecified atom stereocenters. The predicted octanol–water partition coefficient (Wildman–Crippen LogP) is 2.32. The van der Waals surface area contributed by atoms with Crippen LogP contribution in [0.15, 0.2) is 48.5 Å². The Labute approximate surface area is 144 Å². The molecule has 0 amide bonds. The first kappa shape index (κ1) is 20.1. The van der Waals surface area contributed by atoms with Crippen molar-refractivity contribution in [2.24, 2.45) is 0 Å². The van der Waals surface area contributed by atoms with E-state index in [0.717, 1.165) is 30.0 Å². The number of hydrogen-bond donors (Lipinski definition) is 3. The van der Waals surface area contributed by atoms with Gasteiger partial charge in [-0.1, -0.05) is 36.4 Å². The summed E-state index contributed by atoms with van der Waals surface area (Å²) in [6.07, 6.45) is 0.682. The quantitative estimate of drug-likeness (QED) is 0.547. The van der Waals surface area contributed by atoms with Gasteiger partial charge in [-0.2, -0.15) is 0 Å². The molecule has 0 bridgehead atoms. The number of carboxylic acid groups (broad SMARTS) is 2. The molecule has 2 rings (SSSR count). The molecule has 0 saturated heterocycles. The van der Waals surface area contributed by atoms with Gasteiger partial charge in [0.2, 0.25) is 0 Å². The van der Waals surface area contributed by atoms with Gasteiger partial charge in [-0.25, -0.2) is 14.0 Å². The highest BCUT2D eigenvalue weighted by Crippen LogP contribution is 2.16. The van der Waals surface area contributed by atoms with Crippen LogP contribution in [-0.4, -0.2) is 35.8 Å². The number of nitrogens with one attached hydrogen (secondary N) is 1. The van der Waals surface area contributed by atoms with Crippen molar-refractivity contribution in [1.29, 1.82) is 0 Å². The fourth-order valence-electron chi connectivity index (χ4n) is 2.00. The topological polar surface area (TPSA) is 95.9 Å². The lowest BCUT2D eigenvalue weighted by atomic mass is 10.1. The number of benzene rings is 2. The van der Waals surface area contributed by atoms with Crippen LogP contribution in [0.2, 0.25) is 0 Å². The predicted molar refractivity (Wildman–Crippen MR) is 90.1 cm³/mol. The lowest BCUT2D eigenvalue weighted by Crippen LogP contribution is -2.17. The van der Waals surface area contributed by atoms with Gasteiger partial charge in [0.1, 0.15) is 11.6 Å². The van der Waals surface area contributed by atoms with E-state index in [1.165, 1.54) is 6.07 Å². The minimum Gasteiger partial charge on any atom is -0.496 e. The van der Waals surface area contributed by atoms with Crippen LogP contribution in [0.4, 0.5) is 4.39 Å². The van der Waals surface area contributed by atoms with Gasteiger partial charge in [0.15, 0.2) is 0 Å². The Hall–Kier alpha value is -2.93. The van der Waals surface area contributed by atoms with Gasteiger partial charge in [-0.15, -0.1) is 0 Å². The Bertz CT molecular complexity index is 693. The highest BCUT2D eigenvalue weighted by Gasteiger charge is 2.04. The second-order valence-electron chi connectivity index (χ2n) is 4.94. The molecular weight excluding hydrogens is 329 g/mol. The molecule has 2 aromatic carbocycles. The number of carbonyl (C=O) groups is 2. The van der Waals surface area contributed by atoms with Gasteiger partial charge in [-0.3, -0.25) is 0 Å². The molecule has 0 aliphatic carbocycles. The summed E-state index contributed by atoms with van der Waals surface area (Å²) in [5.74, 6) is -2.91. The van der Waals surface area contributed by atoms with E-state index in [4.69, 9.17) is 24.5 Å². The van der Waals surface area contributed by atoms with Gasteiger partial charge >= 0.3 is 11.9 Å². The fraction of sp³-hybridized carbons (Fsp3) is 0.222. The van der Waals surface area contributed by atoms with Gasteiger partial charge < -0.3 is 20.3 Å². The maximum atomic E-state index is 13.4. The van der Waals surface area contributed by atoms with Gasteiger partial charge in [-0.05, 0) is 30.7 Å². The van der Waals surface area contributed by atoms with Crippen molar-refractivity contribution >= 4 is 11.9 Å². The molecule has 134 valence electrons. The van der Waals surface area contributed by atoms with E-state index in [0.29, 0.717) is 6.42 Å². The zero-order valence-corrected chi connectivity index (χ0v) is 13.7. The molecule has 0 heterocycles. The average Bonchev–Trinajstić information content (AvgIpc) is 2.61. The van der Waals surface area contributed by atoms with Gasteiger partial charge in [0, 0.05) is 12.1 Å². The number of para-hydroxylation sites is 1. The first-order chi connectivity index (χ1) is 12.0. The summed E-state index contributed by atoms with van der Waals surface area (Å²) in [6.45, 7) is 1.46. The van der Waals surface area contributed by atoms with Gasteiger partial charge in [0.05, 0.1) is 7.11 Å². The van der Waals surface area contributed by atoms with Crippen LogP contribution in [0.25, 0.3) is 0 Å². The van der Waals surface area contributed by atoms with Crippen LogP contribution >= 0.6 is 0 Å². The fourth-order valence-corrected chi connectivity index (χ4v) is 2.00. The summed E-state index contributed by atoms with van der Waals surface area (Å²) in [4.78, 5) is 18.2. The Morgan fingerprint density at radius 1 is 1.00 bits per heavy atom. The molecule has 0 aromatic heterocycles. The molecule has 0 atom stereocenters. The van der Waals surface area contributed by atoms with Crippen molar-refractivity contribution in [2.45, 2.75) is 13.0 Å². The number of rotatable bonds is 6. The molecule has 0 spiro atoms. The van der Waals surface area contributed by atoms with Crippen LogP contribution < -0.4 is 10.1 Å². The second kappa shape index (κ2) is 10.8. The van der Waals surface area contributed by atoms with E-state index in [1.54, 1.807) is 13.2 Å². The van der Waals surface area contributed by atoms with Crippen LogP contribution in [-0.2, 0) is 22.6 Å². The first-order valence-electron chi connectivity index (χ1n) is 7.48. The van der Waals surface area contributed by atoms with E-state index in [9.17, 15) is 4.39 Å². The minimum absolute atomic E-state index is 0.137. The minimum atomic E-state index is -1.82. The highest BCUT2D eigenvalue weighted by molar-refractivity contribution is 6.27. The summed E-state index contributed by atoms with van der Waals surface area (Å²) < 4.78 is 18.7. The van der Waals surface area contributed by atoms with E-state index in [2.05, 4.69) is 5.32 Å². The molecule has 2 aromatic rings. The number of aliphatic carboxylic acids is 2. The van der Waals surface area contributed by atoms with Crippen molar-refractivity contribution in [3.05, 3.63) is 65.5 Å². The Kier molecular flexibility index (Phi) is 8.67. The summed E-state index contributed by atoms with van der Waals surface area (Å²) >= 11 is 0. The molecule has 0 radical (unpaired) electrons. The molecule has 0 saturated carbocycles. The molecular formula is C18H20FNO5. The van der Waals surface area contributed by atoms with E-state index in [1.807, 2.05) is 36.4 Å². The molecule has 0 fully saturated rings. The Morgan fingerprint density at radius 2 is 1.56 bits per heavy atom. The largest absolute Gasteiger partial charge is 0.496 e. The highest BCUT2D eigenvalue weighted by atomic mass is 19.1. The third-order valence-electron chi connectivity index (χ3n) is 3.22. The van der Waals surface area contributed by atoms with Gasteiger partial charge in [0.25, 0.3) is 0 Å². The Balaban J connectivity index is 0.000000450. The van der Waals surface area contributed by atoms with Crippen LogP contribution in [0, 0.1) is 5.82 Å². The summed E-state index contributed by atoms with van der Waals surface area (Å²) in [5, 5.41) is 18.1. The van der Waals surface area contributed by atoms with Crippen LogP contribution in [0.3, 0.4) is 0 Å². The number of ether oxygens (including phenoxy) is 1. The number of carboxylic acids is 2. The Morgan fingerprint density at radius 3 is 2.12 bits per heavy atom. The van der Waals surface area contributed by atoms with Crippen molar-refractivity contribution in [1.82, 2.24) is 5.32 Å². The standard InChI is InChI=1S/C16H18FNO.C2H2O4/c1-19-16-9-5-3-7-14(16)12-18-11-10-13-6-2-4-8-15(13)17;3-1(4)2(5)6/h2-9,18H,10-12H2,1H3;(H,3,4)(H,5,6). The smallest absolute Gasteiger partial charge is 0.414 e. The molecule has 7 heteroatoms. The van der Waals surface area contributed by atoms with Crippen LogP contribution in [0.1, 0.15) is 11.1 Å². The van der Waals surface area contributed by atoms with Crippen molar-refractivity contribution in [3.8, 4) is 5.75 Å². The molecule has 0 aliphatic rings. The number of hydrogen-bond acceptors (Lipinski definition) is 4. The zero-order chi connectivity index (χ0) is 18.7. The second-order valence-corrected chi connectivity index (χ2v) is 4.94. The number of halogens is 1. The summed E-state index contributed by atoms with van der Waals surface area (Å²) in [5.41, 5.74) is 1.86. The SMILES string of the molecule is COc1ccccc1CNCCc1ccccc1F.O=C(O)C(=O)O. The van der Waals surface area contributed by atoms with Crippen molar-refractivity contribution in [3.63, 3.8) is 0 Å². The van der Waals surface area contributed by atoms with Crippen molar-refractivity contribution < 1.29 is 28.9 Å². The number of methoxy groups -OCH3 is 1. The lowest BCUT2D eigenvalue weighted by molar-refractivity contribution is -0.159. The third-order valence-corrected chi connectivity index (χ3v) is 3.22. The monoisotopic (exact) mass is 349 g/mol. The van der Waals surface area contributed by atoms with Crippen molar-refractivity contribution in [2.75, 3.05) is 13.7 Å². The molecule has 25 heavy (non-hydrogen) atoms. The summed E-state index contributed by atoms with van der Waals surface area (Å²) in [7, 11) is 1.66. The van der Waals surface area contributed by atoms with E-state index < -0.39 is 11.9 Å². The normalized spacial score (nSPS) is 9.68. The van der Waals surface area contributed by atoms with Crippen LogP contribution in [0.5, 0.6) is 5.75 Å². The van der Waals surface area contributed by atoms with E-state index >= 15 is 0 Å². The summed E-state index contributed by atoms with van der Waals surface area (Å²) in [6, 6.07) is 14.8. The maximum absolute atomic E-state index is 13.4. The zero-order valence-electron chi connectivity index (χ0n) is 13.7. The maximum Gasteiger partial charge on any atom is 0.414 e. The van der Waals surface area contributed by atoms with E-state index in [-0.39, 0.29) is 5.82 Å². The third kappa shape index (κ3) is 7.45. The first-order valence-corrected chi connectivity index (χ1v) is 7.48. The lowest BCUT2D eigenvalue weighted by Gasteiger charge is -2.09.